The van der Waals surface area contributed by atoms with Gasteiger partial charge in [0.1, 0.15) is 0 Å². The highest BCUT2D eigenvalue weighted by Crippen LogP contribution is 2.22. The quantitative estimate of drug-likeness (QED) is 0.772. The van der Waals surface area contributed by atoms with Crippen molar-refractivity contribution in [3.63, 3.8) is 0 Å². The fourth-order valence-electron chi connectivity index (χ4n) is 1.34. The van der Waals surface area contributed by atoms with Gasteiger partial charge in [0, 0.05) is 20.2 Å². The Kier molecular flexibility index (Phi) is 6.08. The fourth-order valence-corrected chi connectivity index (χ4v) is 3.76. The summed E-state index contributed by atoms with van der Waals surface area (Å²) in [6.45, 7) is 0.431. The largest absolute Gasteiger partial charge is 0.396 e. The Hall–Kier alpha value is 0.0500. The third-order valence-corrected chi connectivity index (χ3v) is 5.75. The molecule has 1 N–H and O–H groups in total. The van der Waals surface area contributed by atoms with E-state index in [2.05, 4.69) is 15.9 Å². The average molecular weight is 342 g/mol. The average Bonchev–Trinajstić information content (AvgIpc) is 2.64. The van der Waals surface area contributed by atoms with Gasteiger partial charge in [-0.25, -0.2) is 12.7 Å². The third kappa shape index (κ3) is 5.05. The minimum Gasteiger partial charge on any atom is -0.396 e. The highest BCUT2D eigenvalue weighted by Gasteiger charge is 2.17. The number of hydrogen-bond acceptors (Lipinski definition) is 4. The molecule has 0 amide bonds. The summed E-state index contributed by atoms with van der Waals surface area (Å²) in [5.41, 5.74) is 0.982. The predicted octanol–water partition coefficient (Wildman–Crippen LogP) is 2.04. The number of hydrogen-bond donors (Lipinski definition) is 1. The summed E-state index contributed by atoms with van der Waals surface area (Å²) in [6.07, 6.45) is 1.02. The molecule has 1 aromatic heterocycles. The molecule has 0 aliphatic rings. The Labute approximate surface area is 114 Å². The Morgan fingerprint density at radius 1 is 1.47 bits per heavy atom. The Morgan fingerprint density at radius 2 is 2.18 bits per heavy atom. The number of rotatable bonds is 7. The van der Waals surface area contributed by atoms with E-state index in [1.807, 2.05) is 11.4 Å². The van der Waals surface area contributed by atoms with Gasteiger partial charge < -0.3 is 5.11 Å². The van der Waals surface area contributed by atoms with E-state index in [0.717, 1.165) is 9.35 Å². The van der Waals surface area contributed by atoms with Crippen LogP contribution >= 0.6 is 27.3 Å². The Bertz CT molecular complexity index is 444. The predicted molar refractivity (Wildman–Crippen MR) is 73.6 cm³/mol. The summed E-state index contributed by atoms with van der Waals surface area (Å²) in [4.78, 5) is 0. The van der Waals surface area contributed by atoms with Crippen molar-refractivity contribution in [2.75, 3.05) is 19.4 Å². The topological polar surface area (TPSA) is 57.6 Å². The fraction of sp³-hybridized carbons (Fsp3) is 0.600. The van der Waals surface area contributed by atoms with Crippen LogP contribution in [0, 0.1) is 0 Å². The summed E-state index contributed by atoms with van der Waals surface area (Å²) in [7, 11) is -1.63. The second-order valence-corrected chi connectivity index (χ2v) is 8.25. The number of nitrogens with zero attached hydrogens (tertiary/aromatic N) is 1. The van der Waals surface area contributed by atoms with Crippen LogP contribution in [0.2, 0.25) is 0 Å². The number of sulfonamides is 1. The van der Waals surface area contributed by atoms with E-state index >= 15 is 0 Å². The molecule has 0 aliphatic heterocycles. The van der Waals surface area contributed by atoms with Crippen molar-refractivity contribution in [3.05, 3.63) is 20.8 Å². The maximum atomic E-state index is 11.9. The molecular formula is C10H16BrNO3S2. The minimum absolute atomic E-state index is 0.0384. The number of aliphatic hydroxyl groups excluding tert-OH is 1. The van der Waals surface area contributed by atoms with Gasteiger partial charge in [0.05, 0.1) is 9.54 Å². The summed E-state index contributed by atoms with van der Waals surface area (Å²) >= 11 is 4.89. The van der Waals surface area contributed by atoms with Crippen molar-refractivity contribution < 1.29 is 13.5 Å². The van der Waals surface area contributed by atoms with Crippen LogP contribution in [0.3, 0.4) is 0 Å². The lowest BCUT2D eigenvalue weighted by molar-refractivity contribution is 0.287. The van der Waals surface area contributed by atoms with E-state index in [1.54, 1.807) is 18.4 Å². The molecule has 0 atom stereocenters. The van der Waals surface area contributed by atoms with Gasteiger partial charge in [-0.05, 0) is 45.8 Å². The zero-order valence-corrected chi connectivity index (χ0v) is 12.8. The molecule has 1 rings (SSSR count). The Morgan fingerprint density at radius 3 is 2.71 bits per heavy atom. The van der Waals surface area contributed by atoms with Gasteiger partial charge in [0.2, 0.25) is 10.0 Å². The van der Waals surface area contributed by atoms with Crippen LogP contribution < -0.4 is 0 Å². The van der Waals surface area contributed by atoms with Crippen molar-refractivity contribution in [2.45, 2.75) is 19.4 Å². The van der Waals surface area contributed by atoms with Crippen LogP contribution in [0.4, 0.5) is 0 Å². The molecule has 0 aromatic carbocycles. The molecule has 0 bridgehead atoms. The normalized spacial score (nSPS) is 12.2. The molecule has 0 radical (unpaired) electrons. The smallest absolute Gasteiger partial charge is 0.214 e. The maximum absolute atomic E-state index is 11.9. The molecule has 0 saturated carbocycles. The first kappa shape index (κ1) is 15.1. The van der Waals surface area contributed by atoms with Gasteiger partial charge in [0.15, 0.2) is 0 Å². The van der Waals surface area contributed by atoms with Gasteiger partial charge in [-0.1, -0.05) is 0 Å². The third-order valence-electron chi connectivity index (χ3n) is 2.31. The molecule has 1 aromatic rings. The second kappa shape index (κ2) is 6.84. The van der Waals surface area contributed by atoms with Crippen LogP contribution in [0.25, 0.3) is 0 Å². The molecule has 0 saturated heterocycles. The zero-order valence-electron chi connectivity index (χ0n) is 9.60. The van der Waals surface area contributed by atoms with E-state index in [4.69, 9.17) is 5.11 Å². The van der Waals surface area contributed by atoms with Crippen LogP contribution in [-0.4, -0.2) is 37.2 Å². The van der Waals surface area contributed by atoms with Gasteiger partial charge in [0.25, 0.3) is 0 Å². The molecular weight excluding hydrogens is 326 g/mol. The lowest BCUT2D eigenvalue weighted by Crippen LogP contribution is -2.28. The first-order chi connectivity index (χ1) is 7.95. The van der Waals surface area contributed by atoms with Gasteiger partial charge >= 0.3 is 0 Å². The number of thiophene rings is 1. The van der Waals surface area contributed by atoms with Crippen LogP contribution in [0.5, 0.6) is 0 Å². The number of unbranched alkanes of at least 4 members (excludes halogenated alkanes) is 1. The second-order valence-electron chi connectivity index (χ2n) is 3.76. The maximum Gasteiger partial charge on any atom is 0.214 e. The van der Waals surface area contributed by atoms with Crippen LogP contribution in [0.1, 0.15) is 18.4 Å². The molecule has 98 valence electrons. The first-order valence-corrected chi connectivity index (χ1v) is 8.51. The van der Waals surface area contributed by atoms with E-state index in [-0.39, 0.29) is 12.4 Å². The summed E-state index contributed by atoms with van der Waals surface area (Å²) in [5.74, 6) is 0.0926. The van der Waals surface area contributed by atoms with Crippen molar-refractivity contribution in [1.29, 1.82) is 0 Å². The highest BCUT2D eigenvalue weighted by atomic mass is 79.9. The molecule has 0 spiro atoms. The minimum atomic E-state index is -3.21. The lowest BCUT2D eigenvalue weighted by Gasteiger charge is -2.16. The van der Waals surface area contributed by atoms with Gasteiger partial charge in [-0.2, -0.15) is 0 Å². The van der Waals surface area contributed by atoms with Crippen LogP contribution in [-0.2, 0) is 16.6 Å². The van der Waals surface area contributed by atoms with E-state index in [0.29, 0.717) is 19.4 Å². The summed E-state index contributed by atoms with van der Waals surface area (Å²) in [5, 5.41) is 10.6. The molecule has 1 heterocycles. The highest BCUT2D eigenvalue weighted by molar-refractivity contribution is 9.11. The molecule has 0 fully saturated rings. The van der Waals surface area contributed by atoms with Crippen molar-refractivity contribution in [3.8, 4) is 0 Å². The van der Waals surface area contributed by atoms with Crippen LogP contribution in [0.15, 0.2) is 15.2 Å². The monoisotopic (exact) mass is 341 g/mol. The van der Waals surface area contributed by atoms with Crippen molar-refractivity contribution in [1.82, 2.24) is 4.31 Å². The van der Waals surface area contributed by atoms with Crippen molar-refractivity contribution in [2.24, 2.45) is 0 Å². The van der Waals surface area contributed by atoms with Gasteiger partial charge in [-0.15, -0.1) is 11.3 Å². The summed E-state index contributed by atoms with van der Waals surface area (Å²) in [6, 6.07) is 1.92. The number of halogens is 1. The number of aliphatic hydroxyl groups is 1. The molecule has 17 heavy (non-hydrogen) atoms. The summed E-state index contributed by atoms with van der Waals surface area (Å²) < 4.78 is 26.1. The van der Waals surface area contributed by atoms with E-state index in [1.165, 1.54) is 4.31 Å². The lowest BCUT2D eigenvalue weighted by atomic mass is 10.3. The Balaban J connectivity index is 2.53. The SMILES string of the molecule is CN(Cc1csc(Br)c1)S(=O)(=O)CCCCO. The molecule has 0 aliphatic carbocycles. The standard InChI is InChI=1S/C10H16BrNO3S2/c1-12(7-9-6-10(11)16-8-9)17(14,15)5-3-2-4-13/h6,8,13H,2-5,7H2,1H3. The first-order valence-electron chi connectivity index (χ1n) is 5.23. The molecule has 4 nitrogen and oxygen atoms in total. The van der Waals surface area contributed by atoms with Gasteiger partial charge in [-0.3, -0.25) is 0 Å². The zero-order chi connectivity index (χ0) is 12.9. The van der Waals surface area contributed by atoms with E-state index in [9.17, 15) is 8.42 Å². The van der Waals surface area contributed by atoms with E-state index < -0.39 is 10.0 Å². The molecule has 0 unspecified atom stereocenters. The molecule has 7 heteroatoms. The van der Waals surface area contributed by atoms with Crippen molar-refractivity contribution >= 4 is 37.3 Å².